The van der Waals surface area contributed by atoms with Crippen molar-refractivity contribution in [1.29, 1.82) is 0 Å². The van der Waals surface area contributed by atoms with Crippen molar-refractivity contribution in [2.75, 3.05) is 0 Å². The lowest BCUT2D eigenvalue weighted by Crippen LogP contribution is -2.70. The van der Waals surface area contributed by atoms with Gasteiger partial charge in [0.1, 0.15) is 0 Å². The zero-order valence-corrected chi connectivity index (χ0v) is 22.4. The van der Waals surface area contributed by atoms with Crippen LogP contribution in [-0.2, 0) is 0 Å². The highest BCUT2D eigenvalue weighted by Gasteiger charge is 2.71. The number of fused-ring (bicyclic) bond motifs is 7. The third kappa shape index (κ3) is 2.72. The summed E-state index contributed by atoms with van der Waals surface area (Å²) in [6.45, 7) is 20.0. The van der Waals surface area contributed by atoms with E-state index in [-0.39, 0.29) is 28.5 Å². The molecule has 5 fully saturated rings. The molecule has 0 saturated heterocycles. The summed E-state index contributed by atoms with van der Waals surface area (Å²) in [5.41, 5.74) is 1.07. The SMILES string of the molecule is CC1CCC2(C)CCC3(C)C(CC(O)C4C5(C)CCC(O)C(C)(C)C5CCC43C)C2C1C. The van der Waals surface area contributed by atoms with Gasteiger partial charge in [-0.2, -0.15) is 0 Å². The van der Waals surface area contributed by atoms with Gasteiger partial charge in [-0.1, -0.05) is 55.4 Å². The first kappa shape index (κ1) is 23.7. The minimum Gasteiger partial charge on any atom is -0.393 e. The maximum Gasteiger partial charge on any atom is 0.0594 e. The predicted octanol–water partition coefficient (Wildman–Crippen LogP) is 7.08. The first-order chi connectivity index (χ1) is 14.7. The van der Waals surface area contributed by atoms with Crippen molar-refractivity contribution < 1.29 is 10.2 Å². The summed E-state index contributed by atoms with van der Waals surface area (Å²) in [6.07, 6.45) is 10.5. The van der Waals surface area contributed by atoms with Crippen LogP contribution in [0.25, 0.3) is 0 Å². The van der Waals surface area contributed by atoms with E-state index < -0.39 is 0 Å². The van der Waals surface area contributed by atoms with Crippen molar-refractivity contribution in [2.24, 2.45) is 62.6 Å². The Balaban J connectivity index is 1.58. The van der Waals surface area contributed by atoms with Crippen LogP contribution in [0, 0.1) is 62.6 Å². The summed E-state index contributed by atoms with van der Waals surface area (Å²) in [4.78, 5) is 0. The van der Waals surface area contributed by atoms with E-state index in [0.29, 0.717) is 28.6 Å². The number of hydrogen-bond donors (Lipinski definition) is 2. The van der Waals surface area contributed by atoms with Gasteiger partial charge in [0, 0.05) is 0 Å². The molecule has 184 valence electrons. The topological polar surface area (TPSA) is 40.5 Å². The lowest BCUT2D eigenvalue weighted by Gasteiger charge is -2.74. The van der Waals surface area contributed by atoms with Gasteiger partial charge in [0.15, 0.2) is 0 Å². The molecule has 0 heterocycles. The number of aliphatic hydroxyl groups is 2. The minimum atomic E-state index is -0.200. The Kier molecular flexibility index (Phi) is 5.17. The van der Waals surface area contributed by atoms with E-state index in [4.69, 9.17) is 0 Å². The van der Waals surface area contributed by atoms with Gasteiger partial charge in [0.2, 0.25) is 0 Å². The van der Waals surface area contributed by atoms with E-state index in [9.17, 15) is 10.2 Å². The monoisotopic (exact) mass is 444 g/mol. The Morgan fingerprint density at radius 3 is 2.09 bits per heavy atom. The van der Waals surface area contributed by atoms with Crippen molar-refractivity contribution in [3.8, 4) is 0 Å². The van der Waals surface area contributed by atoms with Gasteiger partial charge in [-0.05, 0) is 120 Å². The van der Waals surface area contributed by atoms with Gasteiger partial charge in [-0.3, -0.25) is 0 Å². The Labute approximate surface area is 198 Å². The summed E-state index contributed by atoms with van der Waals surface area (Å²) < 4.78 is 0. The number of hydrogen-bond acceptors (Lipinski definition) is 2. The molecule has 12 unspecified atom stereocenters. The second-order valence-electron chi connectivity index (χ2n) is 15.2. The molecule has 0 bridgehead atoms. The fourth-order valence-electron chi connectivity index (χ4n) is 11.7. The van der Waals surface area contributed by atoms with E-state index in [1.807, 2.05) is 0 Å². The maximum atomic E-state index is 12.0. The zero-order valence-electron chi connectivity index (χ0n) is 22.4. The molecule has 2 nitrogen and oxygen atoms in total. The van der Waals surface area contributed by atoms with E-state index in [0.717, 1.165) is 37.0 Å². The summed E-state index contributed by atoms with van der Waals surface area (Å²) >= 11 is 0. The summed E-state index contributed by atoms with van der Waals surface area (Å²) in [7, 11) is 0. The molecular weight excluding hydrogens is 392 g/mol. The molecule has 5 saturated carbocycles. The molecule has 0 aromatic carbocycles. The van der Waals surface area contributed by atoms with E-state index >= 15 is 0 Å². The summed E-state index contributed by atoms with van der Waals surface area (Å²) in [5.74, 6) is 3.86. The van der Waals surface area contributed by atoms with Crippen LogP contribution >= 0.6 is 0 Å². The van der Waals surface area contributed by atoms with Gasteiger partial charge < -0.3 is 10.2 Å². The lowest BCUT2D eigenvalue weighted by molar-refractivity contribution is -0.283. The molecule has 12 atom stereocenters. The van der Waals surface area contributed by atoms with Gasteiger partial charge in [-0.15, -0.1) is 0 Å². The summed E-state index contributed by atoms with van der Waals surface area (Å²) in [5, 5.41) is 22.9. The molecule has 0 spiro atoms. The van der Waals surface area contributed by atoms with Crippen LogP contribution in [-0.4, -0.2) is 22.4 Å². The smallest absolute Gasteiger partial charge is 0.0594 e. The normalized spacial score (nSPS) is 61.7. The average Bonchev–Trinajstić information content (AvgIpc) is 2.70. The molecule has 0 aliphatic heterocycles. The fourth-order valence-corrected chi connectivity index (χ4v) is 11.7. The predicted molar refractivity (Wildman–Crippen MR) is 132 cm³/mol. The average molecular weight is 445 g/mol. The Morgan fingerprint density at radius 1 is 0.719 bits per heavy atom. The molecule has 0 aromatic rings. The molecular formula is C30H52O2. The molecule has 2 heteroatoms. The van der Waals surface area contributed by atoms with E-state index in [1.54, 1.807) is 0 Å². The van der Waals surface area contributed by atoms with Gasteiger partial charge >= 0.3 is 0 Å². The van der Waals surface area contributed by atoms with Crippen LogP contribution in [0.4, 0.5) is 0 Å². The number of aliphatic hydroxyl groups excluding tert-OH is 2. The van der Waals surface area contributed by atoms with Crippen molar-refractivity contribution in [1.82, 2.24) is 0 Å². The third-order valence-corrected chi connectivity index (χ3v) is 14.0. The largest absolute Gasteiger partial charge is 0.393 e. The van der Waals surface area contributed by atoms with E-state index in [2.05, 4.69) is 55.4 Å². The molecule has 2 N–H and O–H groups in total. The molecule has 32 heavy (non-hydrogen) atoms. The number of rotatable bonds is 0. The first-order valence-corrected chi connectivity index (χ1v) is 14.1. The van der Waals surface area contributed by atoms with E-state index in [1.165, 1.54) is 38.5 Å². The minimum absolute atomic E-state index is 0.0513. The van der Waals surface area contributed by atoms with Crippen molar-refractivity contribution in [2.45, 2.75) is 125 Å². The zero-order chi connectivity index (χ0) is 23.5. The summed E-state index contributed by atoms with van der Waals surface area (Å²) in [6, 6.07) is 0. The molecule has 5 rings (SSSR count). The Morgan fingerprint density at radius 2 is 1.41 bits per heavy atom. The van der Waals surface area contributed by atoms with Crippen LogP contribution in [0.1, 0.15) is 113 Å². The maximum absolute atomic E-state index is 12.0. The Bertz CT molecular complexity index is 760. The van der Waals surface area contributed by atoms with Crippen molar-refractivity contribution in [3.05, 3.63) is 0 Å². The molecule has 0 aromatic heterocycles. The van der Waals surface area contributed by atoms with Crippen molar-refractivity contribution in [3.63, 3.8) is 0 Å². The highest BCUT2D eigenvalue weighted by Crippen LogP contribution is 2.76. The fraction of sp³-hybridized carbons (Fsp3) is 1.00. The Hall–Kier alpha value is -0.0800. The molecule has 0 radical (unpaired) electrons. The van der Waals surface area contributed by atoms with Crippen molar-refractivity contribution >= 4 is 0 Å². The van der Waals surface area contributed by atoms with Crippen LogP contribution in [0.5, 0.6) is 0 Å². The first-order valence-electron chi connectivity index (χ1n) is 14.1. The molecule has 0 amide bonds. The third-order valence-electron chi connectivity index (χ3n) is 14.0. The molecule has 5 aliphatic carbocycles. The van der Waals surface area contributed by atoms with Crippen LogP contribution in [0.15, 0.2) is 0 Å². The standard InChI is InChI=1S/C30H52O2/c1-18-9-12-27(5)15-16-29(7)20(24(27)19(18)2)17-21(31)25-28(6)13-11-23(32)26(3,4)22(28)10-14-30(25,29)8/h18-25,31-32H,9-17H2,1-8H3. The van der Waals surface area contributed by atoms with Crippen LogP contribution < -0.4 is 0 Å². The quantitative estimate of drug-likeness (QED) is 0.419. The van der Waals surface area contributed by atoms with Gasteiger partial charge in [-0.25, -0.2) is 0 Å². The second kappa shape index (κ2) is 6.99. The van der Waals surface area contributed by atoms with Gasteiger partial charge in [0.25, 0.3) is 0 Å². The second-order valence-corrected chi connectivity index (χ2v) is 15.2. The van der Waals surface area contributed by atoms with Gasteiger partial charge in [0.05, 0.1) is 12.2 Å². The van der Waals surface area contributed by atoms with Crippen LogP contribution in [0.2, 0.25) is 0 Å². The van der Waals surface area contributed by atoms with Crippen LogP contribution in [0.3, 0.4) is 0 Å². The molecule has 5 aliphatic rings. The highest BCUT2D eigenvalue weighted by molar-refractivity contribution is 5.20. The lowest BCUT2D eigenvalue weighted by atomic mass is 9.31. The highest BCUT2D eigenvalue weighted by atomic mass is 16.3.